The fraction of sp³-hybridized carbons (Fsp3) is 0. The van der Waals surface area contributed by atoms with Crippen molar-refractivity contribution in [2.24, 2.45) is 0 Å². The number of benzene rings is 1. The van der Waals surface area contributed by atoms with E-state index < -0.39 is 11.9 Å². The number of hydrogen-bond donors (Lipinski definition) is 2. The Labute approximate surface area is 121 Å². The summed E-state index contributed by atoms with van der Waals surface area (Å²) >= 11 is 8.76. The van der Waals surface area contributed by atoms with E-state index >= 15 is 0 Å². The molecule has 0 aliphatic carbocycles. The SMILES string of the molecule is O=C(O)c1ccc(NC(=O)c2ccc(Cl)o2)c(Br)c1. The zero-order valence-electron chi connectivity index (χ0n) is 9.31. The Hall–Kier alpha value is -1.79. The maximum Gasteiger partial charge on any atom is 0.335 e. The van der Waals surface area contributed by atoms with Crippen LogP contribution >= 0.6 is 27.5 Å². The molecule has 0 spiro atoms. The third-order valence-electron chi connectivity index (χ3n) is 2.26. The highest BCUT2D eigenvalue weighted by Crippen LogP contribution is 2.24. The molecule has 0 unspecified atom stereocenters. The van der Waals surface area contributed by atoms with Crippen LogP contribution in [0.15, 0.2) is 39.2 Å². The van der Waals surface area contributed by atoms with Crippen LogP contribution in [-0.4, -0.2) is 17.0 Å². The highest BCUT2D eigenvalue weighted by atomic mass is 79.9. The van der Waals surface area contributed by atoms with Crippen LogP contribution in [0.1, 0.15) is 20.9 Å². The van der Waals surface area contributed by atoms with Gasteiger partial charge in [-0.15, -0.1) is 0 Å². The Balaban J connectivity index is 2.20. The number of anilines is 1. The average molecular weight is 345 g/mol. The standard InChI is InChI=1S/C12H7BrClNO4/c13-7-5-6(12(17)18)1-2-8(7)15-11(16)9-3-4-10(14)19-9/h1-5H,(H,15,16)(H,17,18). The number of carbonyl (C=O) groups is 2. The van der Waals surface area contributed by atoms with E-state index in [1.807, 2.05) is 0 Å². The second-order valence-corrected chi connectivity index (χ2v) is 4.78. The van der Waals surface area contributed by atoms with Gasteiger partial charge in [0.15, 0.2) is 11.0 Å². The number of carboxylic acid groups (broad SMARTS) is 1. The Morgan fingerprint density at radius 3 is 2.53 bits per heavy atom. The fourth-order valence-electron chi connectivity index (χ4n) is 1.37. The van der Waals surface area contributed by atoms with E-state index in [4.69, 9.17) is 21.1 Å². The first-order chi connectivity index (χ1) is 8.97. The maximum absolute atomic E-state index is 11.8. The molecule has 0 aliphatic heterocycles. The van der Waals surface area contributed by atoms with Gasteiger partial charge in [-0.1, -0.05) is 0 Å². The van der Waals surface area contributed by atoms with Crippen LogP contribution in [-0.2, 0) is 0 Å². The van der Waals surface area contributed by atoms with Crippen LogP contribution in [0.2, 0.25) is 5.22 Å². The molecule has 5 nitrogen and oxygen atoms in total. The summed E-state index contributed by atoms with van der Waals surface area (Å²) < 4.78 is 5.42. The number of halogens is 2. The minimum atomic E-state index is -1.05. The van der Waals surface area contributed by atoms with E-state index in [9.17, 15) is 9.59 Å². The summed E-state index contributed by atoms with van der Waals surface area (Å²) in [5.41, 5.74) is 0.549. The largest absolute Gasteiger partial charge is 0.478 e. The predicted molar refractivity (Wildman–Crippen MR) is 72.8 cm³/mol. The van der Waals surface area contributed by atoms with Gasteiger partial charge < -0.3 is 14.8 Å². The van der Waals surface area contributed by atoms with Gasteiger partial charge >= 0.3 is 5.97 Å². The smallest absolute Gasteiger partial charge is 0.335 e. The number of carbonyl (C=O) groups excluding carboxylic acids is 1. The first-order valence-corrected chi connectivity index (χ1v) is 6.24. The van der Waals surface area contributed by atoms with Gasteiger partial charge in [0.05, 0.1) is 11.3 Å². The molecule has 19 heavy (non-hydrogen) atoms. The quantitative estimate of drug-likeness (QED) is 0.891. The van der Waals surface area contributed by atoms with Crippen LogP contribution in [0.4, 0.5) is 5.69 Å². The normalized spacial score (nSPS) is 10.2. The van der Waals surface area contributed by atoms with E-state index in [2.05, 4.69) is 21.2 Å². The minimum absolute atomic E-state index is 0.0687. The molecule has 0 atom stereocenters. The van der Waals surface area contributed by atoms with E-state index in [0.717, 1.165) is 0 Å². The summed E-state index contributed by atoms with van der Waals surface area (Å²) in [5, 5.41) is 11.5. The molecule has 0 saturated carbocycles. The zero-order valence-corrected chi connectivity index (χ0v) is 11.7. The van der Waals surface area contributed by atoms with Gasteiger partial charge in [0.25, 0.3) is 5.91 Å². The molecule has 0 saturated heterocycles. The first kappa shape index (κ1) is 13.6. The van der Waals surface area contributed by atoms with Crippen molar-refractivity contribution in [3.8, 4) is 0 Å². The van der Waals surface area contributed by atoms with Crippen LogP contribution in [0.5, 0.6) is 0 Å². The van der Waals surface area contributed by atoms with Gasteiger partial charge in [-0.25, -0.2) is 4.79 Å². The van der Waals surface area contributed by atoms with Gasteiger partial charge in [0, 0.05) is 4.47 Å². The summed E-state index contributed by atoms with van der Waals surface area (Å²) in [6.07, 6.45) is 0. The van der Waals surface area contributed by atoms with Crippen molar-refractivity contribution in [2.45, 2.75) is 0 Å². The van der Waals surface area contributed by atoms with Gasteiger partial charge in [-0.3, -0.25) is 4.79 Å². The van der Waals surface area contributed by atoms with Crippen molar-refractivity contribution >= 4 is 45.1 Å². The molecule has 0 radical (unpaired) electrons. The van der Waals surface area contributed by atoms with Gasteiger partial charge in [0.1, 0.15) is 0 Å². The topological polar surface area (TPSA) is 79.5 Å². The Bertz CT molecular complexity index is 653. The number of furan rings is 1. The molecular weight excluding hydrogens is 337 g/mol. The number of carboxylic acids is 1. The first-order valence-electron chi connectivity index (χ1n) is 5.07. The zero-order chi connectivity index (χ0) is 14.0. The Kier molecular flexibility index (Phi) is 3.92. The maximum atomic E-state index is 11.8. The highest BCUT2D eigenvalue weighted by molar-refractivity contribution is 9.10. The van der Waals surface area contributed by atoms with Crippen molar-refractivity contribution in [2.75, 3.05) is 5.32 Å². The summed E-state index contributed by atoms with van der Waals surface area (Å²) in [7, 11) is 0. The molecule has 0 fully saturated rings. The fourth-order valence-corrected chi connectivity index (χ4v) is 1.99. The molecule has 7 heteroatoms. The van der Waals surface area contributed by atoms with Gasteiger partial charge in [-0.2, -0.15) is 0 Å². The number of nitrogens with one attached hydrogen (secondary N) is 1. The van der Waals surface area contributed by atoms with Gasteiger partial charge in [0.2, 0.25) is 0 Å². The molecule has 1 aromatic carbocycles. The lowest BCUT2D eigenvalue weighted by atomic mass is 10.2. The van der Waals surface area contributed by atoms with Crippen LogP contribution in [0.25, 0.3) is 0 Å². The Morgan fingerprint density at radius 1 is 1.26 bits per heavy atom. The number of hydrogen-bond acceptors (Lipinski definition) is 3. The average Bonchev–Trinajstić information content (AvgIpc) is 2.78. The second kappa shape index (κ2) is 5.46. The molecule has 1 heterocycles. The summed E-state index contributed by atoms with van der Waals surface area (Å²) in [5.74, 6) is -1.45. The number of aromatic carboxylic acids is 1. The highest BCUT2D eigenvalue weighted by Gasteiger charge is 2.13. The van der Waals surface area contributed by atoms with Crippen molar-refractivity contribution in [1.29, 1.82) is 0 Å². The molecular formula is C12H7BrClNO4. The van der Waals surface area contributed by atoms with Crippen molar-refractivity contribution in [1.82, 2.24) is 0 Å². The summed E-state index contributed by atoms with van der Waals surface area (Å²) in [6.45, 7) is 0. The molecule has 2 rings (SSSR count). The lowest BCUT2D eigenvalue weighted by Gasteiger charge is -2.06. The molecule has 98 valence electrons. The minimum Gasteiger partial charge on any atom is -0.478 e. The van der Waals surface area contributed by atoms with Crippen LogP contribution in [0.3, 0.4) is 0 Å². The third kappa shape index (κ3) is 3.15. The molecule has 1 amide bonds. The molecule has 0 bridgehead atoms. The molecule has 0 aliphatic rings. The molecule has 1 aromatic heterocycles. The predicted octanol–water partition coefficient (Wildman–Crippen LogP) is 3.65. The monoisotopic (exact) mass is 343 g/mol. The van der Waals surface area contributed by atoms with E-state index in [1.165, 1.54) is 30.3 Å². The number of rotatable bonds is 3. The van der Waals surface area contributed by atoms with Crippen molar-refractivity contribution < 1.29 is 19.1 Å². The van der Waals surface area contributed by atoms with Crippen LogP contribution in [0, 0.1) is 0 Å². The molecule has 2 N–H and O–H groups in total. The van der Waals surface area contributed by atoms with Crippen molar-refractivity contribution in [3.63, 3.8) is 0 Å². The second-order valence-electron chi connectivity index (χ2n) is 3.56. The molecule has 2 aromatic rings. The third-order valence-corrected chi connectivity index (χ3v) is 3.12. The lowest BCUT2D eigenvalue weighted by Crippen LogP contribution is -2.11. The van der Waals surface area contributed by atoms with Crippen LogP contribution < -0.4 is 5.32 Å². The number of amides is 1. The van der Waals surface area contributed by atoms with Gasteiger partial charge in [-0.05, 0) is 57.9 Å². The Morgan fingerprint density at radius 2 is 2.00 bits per heavy atom. The van der Waals surface area contributed by atoms with E-state index in [0.29, 0.717) is 10.2 Å². The van der Waals surface area contributed by atoms with E-state index in [1.54, 1.807) is 0 Å². The van der Waals surface area contributed by atoms with Crippen molar-refractivity contribution in [3.05, 3.63) is 51.3 Å². The summed E-state index contributed by atoms with van der Waals surface area (Å²) in [6, 6.07) is 7.16. The lowest BCUT2D eigenvalue weighted by molar-refractivity contribution is 0.0696. The van der Waals surface area contributed by atoms with E-state index in [-0.39, 0.29) is 16.5 Å². The summed E-state index contributed by atoms with van der Waals surface area (Å²) in [4.78, 5) is 22.6.